The largest absolute Gasteiger partial charge is 0.378 e. The average Bonchev–Trinajstić information content (AvgIpc) is 3.11. The van der Waals surface area contributed by atoms with Crippen molar-refractivity contribution in [3.05, 3.63) is 54.3 Å². The second kappa shape index (κ2) is 7.98. The third-order valence-electron chi connectivity index (χ3n) is 5.15. The molecule has 2 aromatic carbocycles. The summed E-state index contributed by atoms with van der Waals surface area (Å²) < 4.78 is 19.4. The van der Waals surface area contributed by atoms with Gasteiger partial charge in [0.1, 0.15) is 5.82 Å². The van der Waals surface area contributed by atoms with E-state index in [1.807, 2.05) is 24.3 Å². The van der Waals surface area contributed by atoms with Crippen molar-refractivity contribution in [3.8, 4) is 0 Å². The Kier molecular flexibility index (Phi) is 5.25. The first kappa shape index (κ1) is 18.4. The van der Waals surface area contributed by atoms with Gasteiger partial charge in [-0.25, -0.2) is 4.39 Å². The molecule has 2 amide bonds. The van der Waals surface area contributed by atoms with Gasteiger partial charge in [-0.3, -0.25) is 9.59 Å². The molecule has 146 valence electrons. The molecule has 0 unspecified atom stereocenters. The average molecular weight is 383 g/mol. The number of anilines is 3. The van der Waals surface area contributed by atoms with Crippen molar-refractivity contribution < 1.29 is 18.7 Å². The topological polar surface area (TPSA) is 61.9 Å². The molecule has 0 radical (unpaired) electrons. The maximum absolute atomic E-state index is 14.0. The van der Waals surface area contributed by atoms with Gasteiger partial charge in [0.2, 0.25) is 11.8 Å². The molecule has 0 aromatic heterocycles. The van der Waals surface area contributed by atoms with E-state index in [4.69, 9.17) is 4.74 Å². The minimum atomic E-state index is -0.523. The Morgan fingerprint density at radius 2 is 1.71 bits per heavy atom. The summed E-state index contributed by atoms with van der Waals surface area (Å²) in [6, 6.07) is 13.7. The van der Waals surface area contributed by atoms with Crippen LogP contribution in [0.3, 0.4) is 0 Å². The minimum Gasteiger partial charge on any atom is -0.378 e. The third-order valence-corrected chi connectivity index (χ3v) is 5.15. The number of rotatable bonds is 4. The molecule has 6 nitrogen and oxygen atoms in total. The standard InChI is InChI=1S/C21H22FN3O3/c22-16-5-1-3-7-18(16)25-14-15(13-20(25)26)21(27)23-17-6-2-4-8-19(17)24-9-11-28-12-10-24/h1-8,15H,9-14H2,(H,23,27)/t15-/m0/s1. The lowest BCUT2D eigenvalue weighted by atomic mass is 10.1. The molecule has 2 saturated heterocycles. The Morgan fingerprint density at radius 1 is 1.04 bits per heavy atom. The highest BCUT2D eigenvalue weighted by atomic mass is 19.1. The summed E-state index contributed by atoms with van der Waals surface area (Å²) in [6.07, 6.45) is 0.0693. The lowest BCUT2D eigenvalue weighted by Crippen LogP contribution is -2.37. The van der Waals surface area contributed by atoms with Crippen molar-refractivity contribution in [2.75, 3.05) is 48.0 Å². The number of morpholine rings is 1. The summed E-state index contributed by atoms with van der Waals surface area (Å²) in [4.78, 5) is 28.7. The number of para-hydroxylation sites is 3. The predicted molar refractivity (Wildman–Crippen MR) is 105 cm³/mol. The van der Waals surface area contributed by atoms with Crippen LogP contribution in [0.2, 0.25) is 0 Å². The van der Waals surface area contributed by atoms with Gasteiger partial charge in [0.25, 0.3) is 0 Å². The Morgan fingerprint density at radius 3 is 2.46 bits per heavy atom. The number of nitrogens with zero attached hydrogens (tertiary/aromatic N) is 2. The molecule has 28 heavy (non-hydrogen) atoms. The number of hydrogen-bond donors (Lipinski definition) is 1. The SMILES string of the molecule is O=C(Nc1ccccc1N1CCOCC1)[C@H]1CC(=O)N(c2ccccc2F)C1. The van der Waals surface area contributed by atoms with E-state index in [-0.39, 0.29) is 30.5 Å². The van der Waals surface area contributed by atoms with Crippen LogP contribution < -0.4 is 15.1 Å². The van der Waals surface area contributed by atoms with E-state index in [1.165, 1.54) is 11.0 Å². The number of carbonyl (C=O) groups is 2. The fourth-order valence-corrected chi connectivity index (χ4v) is 3.68. The molecule has 0 saturated carbocycles. The lowest BCUT2D eigenvalue weighted by Gasteiger charge is -2.30. The van der Waals surface area contributed by atoms with Crippen LogP contribution in [-0.4, -0.2) is 44.7 Å². The predicted octanol–water partition coefficient (Wildman–Crippen LogP) is 2.65. The molecule has 4 rings (SSSR count). The van der Waals surface area contributed by atoms with Crippen LogP contribution in [0.1, 0.15) is 6.42 Å². The van der Waals surface area contributed by atoms with E-state index in [2.05, 4.69) is 10.2 Å². The monoisotopic (exact) mass is 383 g/mol. The molecule has 2 aliphatic rings. The van der Waals surface area contributed by atoms with E-state index >= 15 is 0 Å². The van der Waals surface area contributed by atoms with Crippen molar-refractivity contribution in [1.82, 2.24) is 0 Å². The number of amides is 2. The fourth-order valence-electron chi connectivity index (χ4n) is 3.68. The first-order valence-corrected chi connectivity index (χ1v) is 9.41. The van der Waals surface area contributed by atoms with Crippen LogP contribution in [0.5, 0.6) is 0 Å². The van der Waals surface area contributed by atoms with Crippen molar-refractivity contribution in [1.29, 1.82) is 0 Å². The molecular weight excluding hydrogens is 361 g/mol. The second-order valence-electron chi connectivity index (χ2n) is 6.96. The summed E-state index contributed by atoms with van der Waals surface area (Å²) in [5, 5.41) is 2.96. The smallest absolute Gasteiger partial charge is 0.229 e. The number of carbonyl (C=O) groups excluding carboxylic acids is 2. The van der Waals surface area contributed by atoms with Crippen LogP contribution in [0.15, 0.2) is 48.5 Å². The second-order valence-corrected chi connectivity index (χ2v) is 6.96. The van der Waals surface area contributed by atoms with E-state index < -0.39 is 11.7 Å². The summed E-state index contributed by atoms with van der Waals surface area (Å²) in [7, 11) is 0. The third kappa shape index (κ3) is 3.71. The van der Waals surface area contributed by atoms with Gasteiger partial charge >= 0.3 is 0 Å². The molecule has 7 heteroatoms. The quantitative estimate of drug-likeness (QED) is 0.882. The lowest BCUT2D eigenvalue weighted by molar-refractivity contribution is -0.122. The maximum atomic E-state index is 14.0. The van der Waals surface area contributed by atoms with Crippen molar-refractivity contribution in [2.45, 2.75) is 6.42 Å². The summed E-state index contributed by atoms with van der Waals surface area (Å²) in [6.45, 7) is 2.99. The molecule has 0 bridgehead atoms. The van der Waals surface area contributed by atoms with Gasteiger partial charge in [-0.1, -0.05) is 24.3 Å². The van der Waals surface area contributed by atoms with E-state index in [1.54, 1.807) is 18.2 Å². The first-order valence-electron chi connectivity index (χ1n) is 9.41. The van der Waals surface area contributed by atoms with Crippen LogP contribution in [-0.2, 0) is 14.3 Å². The fraction of sp³-hybridized carbons (Fsp3) is 0.333. The van der Waals surface area contributed by atoms with Gasteiger partial charge in [0, 0.05) is 26.1 Å². The number of hydrogen-bond acceptors (Lipinski definition) is 4. The highest BCUT2D eigenvalue weighted by Crippen LogP contribution is 2.30. The number of halogens is 1. The Balaban J connectivity index is 1.48. The molecule has 1 N–H and O–H groups in total. The maximum Gasteiger partial charge on any atom is 0.229 e. The van der Waals surface area contributed by atoms with E-state index in [9.17, 15) is 14.0 Å². The molecule has 2 aliphatic heterocycles. The van der Waals surface area contributed by atoms with Gasteiger partial charge in [-0.05, 0) is 24.3 Å². The summed E-state index contributed by atoms with van der Waals surface area (Å²) >= 11 is 0. The number of ether oxygens (including phenoxy) is 1. The van der Waals surface area contributed by atoms with Crippen LogP contribution in [0.4, 0.5) is 21.5 Å². The molecule has 1 atom stereocenters. The van der Waals surface area contributed by atoms with Crippen LogP contribution >= 0.6 is 0 Å². The molecule has 0 spiro atoms. The van der Waals surface area contributed by atoms with Gasteiger partial charge in [-0.2, -0.15) is 0 Å². The van der Waals surface area contributed by atoms with Gasteiger partial charge in [0.05, 0.1) is 36.2 Å². The van der Waals surface area contributed by atoms with Crippen molar-refractivity contribution in [2.24, 2.45) is 5.92 Å². The highest BCUT2D eigenvalue weighted by molar-refractivity contribution is 6.04. The first-order chi connectivity index (χ1) is 13.6. The Hall–Kier alpha value is -2.93. The zero-order valence-corrected chi connectivity index (χ0v) is 15.4. The molecule has 2 aromatic rings. The van der Waals surface area contributed by atoms with Gasteiger partial charge in [-0.15, -0.1) is 0 Å². The van der Waals surface area contributed by atoms with Crippen molar-refractivity contribution in [3.63, 3.8) is 0 Å². The number of benzene rings is 2. The molecule has 0 aliphatic carbocycles. The van der Waals surface area contributed by atoms with E-state index in [0.717, 1.165) is 18.8 Å². The molecular formula is C21H22FN3O3. The Bertz CT molecular complexity index is 883. The molecule has 2 fully saturated rings. The molecule has 2 heterocycles. The summed E-state index contributed by atoms with van der Waals surface area (Å²) in [5.41, 5.74) is 1.87. The van der Waals surface area contributed by atoms with Crippen LogP contribution in [0, 0.1) is 11.7 Å². The summed E-state index contributed by atoms with van der Waals surface area (Å²) in [5.74, 6) is -1.46. The van der Waals surface area contributed by atoms with Crippen molar-refractivity contribution >= 4 is 28.9 Å². The number of nitrogens with one attached hydrogen (secondary N) is 1. The van der Waals surface area contributed by atoms with Crippen LogP contribution in [0.25, 0.3) is 0 Å². The van der Waals surface area contributed by atoms with Gasteiger partial charge in [0.15, 0.2) is 0 Å². The van der Waals surface area contributed by atoms with Gasteiger partial charge < -0.3 is 19.9 Å². The normalized spacial score (nSPS) is 19.8. The highest BCUT2D eigenvalue weighted by Gasteiger charge is 2.36. The zero-order chi connectivity index (χ0) is 19.5. The van der Waals surface area contributed by atoms with E-state index in [0.29, 0.717) is 18.9 Å². The Labute approximate surface area is 162 Å². The zero-order valence-electron chi connectivity index (χ0n) is 15.4. The minimum absolute atomic E-state index is 0.0693.